The minimum absolute atomic E-state index is 0.0243. The molecule has 1 fully saturated rings. The topological polar surface area (TPSA) is 69.7 Å². The standard InChI is InChI=1S/C22H33N3O3S/c1-18-8-10-21(11-9-18)29(27,28)25-16-14-24(15-17-25)19(2)22(26)23-13-12-20-6-4-3-5-7-20/h6,8-11,19H,3-5,7,12-17H2,1-2H3,(H,23,26). The van der Waals surface area contributed by atoms with Crippen LogP contribution in [0, 0.1) is 6.92 Å². The Labute approximate surface area is 175 Å². The van der Waals surface area contributed by atoms with Gasteiger partial charge in [-0.05, 0) is 58.1 Å². The Morgan fingerprint density at radius 1 is 1.10 bits per heavy atom. The first-order chi connectivity index (χ1) is 13.9. The van der Waals surface area contributed by atoms with Crippen LogP contribution in [-0.4, -0.2) is 62.3 Å². The summed E-state index contributed by atoms with van der Waals surface area (Å²) in [7, 11) is -3.47. The number of carbonyl (C=O) groups is 1. The van der Waals surface area contributed by atoms with Gasteiger partial charge in [-0.2, -0.15) is 4.31 Å². The highest BCUT2D eigenvalue weighted by Gasteiger charge is 2.31. The van der Waals surface area contributed by atoms with E-state index in [2.05, 4.69) is 16.3 Å². The van der Waals surface area contributed by atoms with Crippen LogP contribution in [0.2, 0.25) is 0 Å². The van der Waals surface area contributed by atoms with Crippen molar-refractivity contribution in [3.8, 4) is 0 Å². The number of benzene rings is 1. The summed E-state index contributed by atoms with van der Waals surface area (Å²) in [5, 5.41) is 3.05. The fourth-order valence-electron chi connectivity index (χ4n) is 3.98. The summed E-state index contributed by atoms with van der Waals surface area (Å²) in [4.78, 5) is 14.9. The van der Waals surface area contributed by atoms with Gasteiger partial charge in [0.25, 0.3) is 0 Å². The Kier molecular flexibility index (Phi) is 7.49. The first-order valence-corrected chi connectivity index (χ1v) is 12.1. The SMILES string of the molecule is Cc1ccc(S(=O)(=O)N2CCN(C(C)C(=O)NCCC3=CCCCC3)CC2)cc1. The van der Waals surface area contributed by atoms with Gasteiger partial charge in [-0.3, -0.25) is 9.69 Å². The van der Waals surface area contributed by atoms with Crippen molar-refractivity contribution in [2.45, 2.75) is 56.9 Å². The van der Waals surface area contributed by atoms with Gasteiger partial charge in [-0.15, -0.1) is 0 Å². The molecule has 1 N–H and O–H groups in total. The van der Waals surface area contributed by atoms with E-state index in [1.807, 2.05) is 26.0 Å². The van der Waals surface area contributed by atoms with Gasteiger partial charge in [-0.1, -0.05) is 29.3 Å². The molecule has 0 aromatic heterocycles. The Morgan fingerprint density at radius 2 is 1.79 bits per heavy atom. The lowest BCUT2D eigenvalue weighted by Gasteiger charge is -2.36. The van der Waals surface area contributed by atoms with Crippen LogP contribution >= 0.6 is 0 Å². The summed E-state index contributed by atoms with van der Waals surface area (Å²) < 4.78 is 27.2. The molecule has 1 aromatic carbocycles. The molecule has 1 unspecified atom stereocenters. The second-order valence-corrected chi connectivity index (χ2v) is 10.0. The molecule has 1 heterocycles. The van der Waals surface area contributed by atoms with Crippen molar-refractivity contribution >= 4 is 15.9 Å². The molecule has 6 nitrogen and oxygen atoms in total. The van der Waals surface area contributed by atoms with Gasteiger partial charge >= 0.3 is 0 Å². The second kappa shape index (κ2) is 9.87. The van der Waals surface area contributed by atoms with Gasteiger partial charge in [0, 0.05) is 32.7 Å². The number of nitrogens with zero attached hydrogens (tertiary/aromatic N) is 2. The molecule has 3 rings (SSSR count). The van der Waals surface area contributed by atoms with Crippen molar-refractivity contribution in [3.63, 3.8) is 0 Å². The number of aryl methyl sites for hydroxylation is 1. The highest BCUT2D eigenvalue weighted by atomic mass is 32.2. The van der Waals surface area contributed by atoms with Crippen molar-refractivity contribution in [1.82, 2.24) is 14.5 Å². The maximum Gasteiger partial charge on any atom is 0.243 e. The average molecular weight is 420 g/mol. The monoisotopic (exact) mass is 419 g/mol. The average Bonchev–Trinajstić information content (AvgIpc) is 2.74. The third kappa shape index (κ3) is 5.68. The molecule has 1 amide bonds. The van der Waals surface area contributed by atoms with E-state index in [-0.39, 0.29) is 11.9 Å². The van der Waals surface area contributed by atoms with Gasteiger partial charge in [-0.25, -0.2) is 8.42 Å². The Balaban J connectivity index is 1.47. The number of hydrogen-bond acceptors (Lipinski definition) is 4. The van der Waals surface area contributed by atoms with Crippen LogP contribution < -0.4 is 5.32 Å². The summed E-state index contributed by atoms with van der Waals surface area (Å²) >= 11 is 0. The Hall–Kier alpha value is -1.70. The van der Waals surface area contributed by atoms with Crippen molar-refractivity contribution in [2.24, 2.45) is 0 Å². The molecule has 0 radical (unpaired) electrons. The smallest absolute Gasteiger partial charge is 0.243 e. The fraction of sp³-hybridized carbons (Fsp3) is 0.591. The third-order valence-corrected chi connectivity index (χ3v) is 7.90. The molecule has 1 aliphatic carbocycles. The number of carbonyl (C=O) groups excluding carboxylic acids is 1. The van der Waals surface area contributed by atoms with Crippen molar-refractivity contribution < 1.29 is 13.2 Å². The number of sulfonamides is 1. The summed E-state index contributed by atoms with van der Waals surface area (Å²) in [5.74, 6) is 0.0243. The predicted octanol–water partition coefficient (Wildman–Crippen LogP) is 2.70. The predicted molar refractivity (Wildman–Crippen MR) is 115 cm³/mol. The Morgan fingerprint density at radius 3 is 2.41 bits per heavy atom. The first kappa shape index (κ1) is 22.0. The number of hydrogen-bond donors (Lipinski definition) is 1. The minimum atomic E-state index is -3.47. The molecule has 1 atom stereocenters. The fourth-order valence-corrected chi connectivity index (χ4v) is 5.40. The molecule has 1 saturated heterocycles. The second-order valence-electron chi connectivity index (χ2n) is 8.08. The largest absolute Gasteiger partial charge is 0.354 e. The quantitative estimate of drug-likeness (QED) is 0.690. The summed E-state index contributed by atoms with van der Waals surface area (Å²) in [6.45, 7) is 6.45. The van der Waals surface area contributed by atoms with Gasteiger partial charge in [0.05, 0.1) is 10.9 Å². The van der Waals surface area contributed by atoms with E-state index < -0.39 is 10.0 Å². The van der Waals surface area contributed by atoms with Crippen LogP contribution in [0.1, 0.15) is 44.6 Å². The van der Waals surface area contributed by atoms with Crippen LogP contribution in [0.5, 0.6) is 0 Å². The van der Waals surface area contributed by atoms with Gasteiger partial charge in [0.15, 0.2) is 0 Å². The number of amides is 1. The van der Waals surface area contributed by atoms with Crippen molar-refractivity contribution in [2.75, 3.05) is 32.7 Å². The maximum absolute atomic E-state index is 12.8. The van der Waals surface area contributed by atoms with Crippen LogP contribution in [0.25, 0.3) is 0 Å². The van der Waals surface area contributed by atoms with Crippen LogP contribution in [0.15, 0.2) is 40.8 Å². The number of nitrogens with one attached hydrogen (secondary N) is 1. The molecule has 1 aromatic rings. The zero-order chi connectivity index (χ0) is 20.9. The summed E-state index contributed by atoms with van der Waals surface area (Å²) in [5.41, 5.74) is 2.49. The Bertz CT molecular complexity index is 825. The van der Waals surface area contributed by atoms with E-state index in [0.29, 0.717) is 37.6 Å². The lowest BCUT2D eigenvalue weighted by molar-refractivity contribution is -0.126. The number of allylic oxidation sites excluding steroid dienone is 1. The van der Waals surface area contributed by atoms with Crippen LogP contribution in [-0.2, 0) is 14.8 Å². The highest BCUT2D eigenvalue weighted by molar-refractivity contribution is 7.89. The van der Waals surface area contributed by atoms with E-state index in [0.717, 1.165) is 24.8 Å². The molecule has 0 bridgehead atoms. The molecule has 0 saturated carbocycles. The van der Waals surface area contributed by atoms with Gasteiger partial charge in [0.1, 0.15) is 0 Å². The molecule has 1 aliphatic heterocycles. The van der Waals surface area contributed by atoms with E-state index in [1.54, 1.807) is 12.1 Å². The normalized spacial score (nSPS) is 20.1. The molecule has 0 spiro atoms. The molecular formula is C22H33N3O3S. The minimum Gasteiger partial charge on any atom is -0.354 e. The molecule has 7 heteroatoms. The number of piperazine rings is 1. The molecule has 160 valence electrons. The first-order valence-electron chi connectivity index (χ1n) is 10.6. The van der Waals surface area contributed by atoms with Gasteiger partial charge < -0.3 is 5.32 Å². The zero-order valence-corrected chi connectivity index (χ0v) is 18.4. The van der Waals surface area contributed by atoms with E-state index in [9.17, 15) is 13.2 Å². The van der Waals surface area contributed by atoms with E-state index >= 15 is 0 Å². The molecule has 29 heavy (non-hydrogen) atoms. The third-order valence-electron chi connectivity index (χ3n) is 5.99. The number of rotatable bonds is 7. The highest BCUT2D eigenvalue weighted by Crippen LogP contribution is 2.20. The lowest BCUT2D eigenvalue weighted by atomic mass is 9.97. The van der Waals surface area contributed by atoms with E-state index in [1.165, 1.54) is 22.7 Å². The lowest BCUT2D eigenvalue weighted by Crippen LogP contribution is -2.54. The van der Waals surface area contributed by atoms with Crippen molar-refractivity contribution in [3.05, 3.63) is 41.5 Å². The summed E-state index contributed by atoms with van der Waals surface area (Å²) in [6.07, 6.45) is 8.09. The maximum atomic E-state index is 12.8. The molecular weight excluding hydrogens is 386 g/mol. The summed E-state index contributed by atoms with van der Waals surface area (Å²) in [6, 6.07) is 6.71. The van der Waals surface area contributed by atoms with Crippen LogP contribution in [0.3, 0.4) is 0 Å². The molecule has 2 aliphatic rings. The van der Waals surface area contributed by atoms with E-state index in [4.69, 9.17) is 0 Å². The zero-order valence-electron chi connectivity index (χ0n) is 17.6. The van der Waals surface area contributed by atoms with Gasteiger partial charge in [0.2, 0.25) is 15.9 Å². The van der Waals surface area contributed by atoms with Crippen molar-refractivity contribution in [1.29, 1.82) is 0 Å². The van der Waals surface area contributed by atoms with Crippen LogP contribution in [0.4, 0.5) is 0 Å².